The van der Waals surface area contributed by atoms with Gasteiger partial charge in [-0.3, -0.25) is 5.32 Å². The van der Waals surface area contributed by atoms with Crippen LogP contribution in [-0.4, -0.2) is 17.2 Å². The highest BCUT2D eigenvalue weighted by molar-refractivity contribution is 5.88. The first-order valence-electron chi connectivity index (χ1n) is 6.70. The molecule has 0 radical (unpaired) electrons. The summed E-state index contributed by atoms with van der Waals surface area (Å²) in [7, 11) is 0. The van der Waals surface area contributed by atoms with Crippen molar-refractivity contribution in [3.63, 3.8) is 0 Å². The molecule has 1 saturated carbocycles. The van der Waals surface area contributed by atoms with Crippen molar-refractivity contribution in [1.82, 2.24) is 10.5 Å². The summed E-state index contributed by atoms with van der Waals surface area (Å²) in [5.74, 6) is 1.76. The molecule has 5 nitrogen and oxygen atoms in total. The monoisotopic (exact) mass is 251 g/mol. The lowest BCUT2D eigenvalue weighted by atomic mass is 9.83. The molecular weight excluding hydrogens is 230 g/mol. The van der Waals surface area contributed by atoms with Gasteiger partial charge in [0, 0.05) is 12.1 Å². The van der Waals surface area contributed by atoms with Gasteiger partial charge in [-0.25, -0.2) is 4.79 Å². The number of hydrogen-bond donors (Lipinski definition) is 2. The highest BCUT2D eigenvalue weighted by Gasteiger charge is 2.25. The molecule has 5 heteroatoms. The van der Waals surface area contributed by atoms with Crippen LogP contribution >= 0.6 is 0 Å². The van der Waals surface area contributed by atoms with Gasteiger partial charge < -0.3 is 9.84 Å². The lowest BCUT2D eigenvalue weighted by molar-refractivity contribution is 0.225. The number of carbonyl (C=O) groups is 1. The molecule has 2 unspecified atom stereocenters. The molecule has 0 saturated heterocycles. The molecule has 0 aliphatic heterocycles. The van der Waals surface area contributed by atoms with Crippen LogP contribution in [0.3, 0.4) is 0 Å². The summed E-state index contributed by atoms with van der Waals surface area (Å²) in [4.78, 5) is 11.8. The van der Waals surface area contributed by atoms with Gasteiger partial charge in [0.25, 0.3) is 0 Å². The van der Waals surface area contributed by atoms with Crippen molar-refractivity contribution >= 4 is 11.8 Å². The lowest BCUT2D eigenvalue weighted by Gasteiger charge is -2.31. The standard InChI is InChI=1S/C13H21N3O2/c1-3-10-6-4-5-7-11(10)14-13(17)15-12-8-9(2)18-16-12/h8,10-11H,3-7H2,1-2H3,(H2,14,15,16,17). The largest absolute Gasteiger partial charge is 0.360 e. The number of carbonyl (C=O) groups excluding carboxylic acids is 1. The van der Waals surface area contributed by atoms with Crippen LogP contribution in [0.1, 0.15) is 44.8 Å². The van der Waals surface area contributed by atoms with Crippen LogP contribution in [0.4, 0.5) is 10.6 Å². The number of aryl methyl sites for hydroxylation is 1. The van der Waals surface area contributed by atoms with Crippen LogP contribution in [0, 0.1) is 12.8 Å². The SMILES string of the molecule is CCC1CCCCC1NC(=O)Nc1cc(C)on1. The average molecular weight is 251 g/mol. The average Bonchev–Trinajstić information content (AvgIpc) is 2.75. The molecule has 2 rings (SSSR count). The Morgan fingerprint density at radius 2 is 2.28 bits per heavy atom. The maximum atomic E-state index is 11.8. The number of amides is 2. The van der Waals surface area contributed by atoms with Crippen molar-refractivity contribution in [1.29, 1.82) is 0 Å². The minimum absolute atomic E-state index is 0.186. The molecule has 0 spiro atoms. The predicted octanol–water partition coefficient (Wildman–Crippen LogP) is 3.07. The summed E-state index contributed by atoms with van der Waals surface area (Å²) >= 11 is 0. The number of nitrogens with zero attached hydrogens (tertiary/aromatic N) is 1. The fourth-order valence-corrected chi connectivity index (χ4v) is 2.63. The molecule has 18 heavy (non-hydrogen) atoms. The fourth-order valence-electron chi connectivity index (χ4n) is 2.63. The highest BCUT2D eigenvalue weighted by atomic mass is 16.5. The van der Waals surface area contributed by atoms with E-state index in [-0.39, 0.29) is 12.1 Å². The Hall–Kier alpha value is -1.52. The van der Waals surface area contributed by atoms with E-state index in [9.17, 15) is 4.79 Å². The predicted molar refractivity (Wildman–Crippen MR) is 69.4 cm³/mol. The van der Waals surface area contributed by atoms with E-state index < -0.39 is 0 Å². The van der Waals surface area contributed by atoms with Crippen molar-refractivity contribution in [2.24, 2.45) is 5.92 Å². The quantitative estimate of drug-likeness (QED) is 0.867. The van der Waals surface area contributed by atoms with Gasteiger partial charge in [0.15, 0.2) is 5.82 Å². The van der Waals surface area contributed by atoms with E-state index in [0.717, 1.165) is 12.8 Å². The van der Waals surface area contributed by atoms with Crippen LogP contribution in [0.25, 0.3) is 0 Å². The fraction of sp³-hybridized carbons (Fsp3) is 0.692. The smallest absolute Gasteiger partial charge is 0.320 e. The molecule has 0 bridgehead atoms. The number of urea groups is 1. The van der Waals surface area contributed by atoms with Crippen molar-refractivity contribution in [3.8, 4) is 0 Å². The molecule has 1 aromatic rings. The maximum Gasteiger partial charge on any atom is 0.320 e. The number of anilines is 1. The summed E-state index contributed by atoms with van der Waals surface area (Å²) in [6.45, 7) is 3.98. The number of aromatic nitrogens is 1. The van der Waals surface area contributed by atoms with Crippen LogP contribution in [0.5, 0.6) is 0 Å². The Morgan fingerprint density at radius 1 is 1.50 bits per heavy atom. The molecular formula is C13H21N3O2. The Balaban J connectivity index is 1.86. The van der Waals surface area contributed by atoms with Crippen LogP contribution in [-0.2, 0) is 0 Å². The number of hydrogen-bond acceptors (Lipinski definition) is 3. The molecule has 1 aliphatic carbocycles. The zero-order chi connectivity index (χ0) is 13.0. The van der Waals surface area contributed by atoms with Gasteiger partial charge in [-0.05, 0) is 25.7 Å². The molecule has 1 aliphatic rings. The van der Waals surface area contributed by atoms with Gasteiger partial charge in [-0.15, -0.1) is 0 Å². The zero-order valence-electron chi connectivity index (χ0n) is 11.0. The van der Waals surface area contributed by atoms with E-state index in [1.54, 1.807) is 13.0 Å². The first-order valence-corrected chi connectivity index (χ1v) is 6.70. The van der Waals surface area contributed by atoms with E-state index >= 15 is 0 Å². The van der Waals surface area contributed by atoms with Gasteiger partial charge in [0.05, 0.1) is 0 Å². The van der Waals surface area contributed by atoms with Gasteiger partial charge >= 0.3 is 6.03 Å². The minimum atomic E-state index is -0.186. The molecule has 100 valence electrons. The Bertz CT molecular complexity index is 403. The van der Waals surface area contributed by atoms with Gasteiger partial charge in [-0.2, -0.15) is 0 Å². The third-order valence-corrected chi connectivity index (χ3v) is 3.62. The first-order chi connectivity index (χ1) is 8.69. The summed E-state index contributed by atoms with van der Waals surface area (Å²) < 4.78 is 4.91. The third kappa shape index (κ3) is 3.24. The zero-order valence-corrected chi connectivity index (χ0v) is 11.0. The summed E-state index contributed by atoms with van der Waals surface area (Å²) in [5, 5.41) is 9.49. The number of rotatable bonds is 3. The summed E-state index contributed by atoms with van der Waals surface area (Å²) in [5.41, 5.74) is 0. The van der Waals surface area contributed by atoms with Crippen molar-refractivity contribution < 1.29 is 9.32 Å². The third-order valence-electron chi connectivity index (χ3n) is 3.62. The molecule has 0 aromatic carbocycles. The van der Waals surface area contributed by atoms with Crippen LogP contribution < -0.4 is 10.6 Å². The van der Waals surface area contributed by atoms with Crippen LogP contribution in [0.2, 0.25) is 0 Å². The molecule has 2 atom stereocenters. The van der Waals surface area contributed by atoms with Gasteiger partial charge in [-0.1, -0.05) is 31.3 Å². The second kappa shape index (κ2) is 5.89. The molecule has 1 aromatic heterocycles. The van der Waals surface area contributed by atoms with E-state index in [0.29, 0.717) is 17.5 Å². The summed E-state index contributed by atoms with van der Waals surface area (Å²) in [6.07, 6.45) is 5.88. The topological polar surface area (TPSA) is 67.2 Å². The van der Waals surface area contributed by atoms with Crippen LogP contribution in [0.15, 0.2) is 10.6 Å². The van der Waals surface area contributed by atoms with Crippen molar-refractivity contribution in [3.05, 3.63) is 11.8 Å². The molecule has 1 fully saturated rings. The molecule has 2 N–H and O–H groups in total. The Morgan fingerprint density at radius 3 is 2.94 bits per heavy atom. The van der Waals surface area contributed by atoms with Gasteiger partial charge in [0.1, 0.15) is 5.76 Å². The Labute approximate surface area is 107 Å². The Kier molecular flexibility index (Phi) is 4.23. The molecule has 2 amide bonds. The highest BCUT2D eigenvalue weighted by Crippen LogP contribution is 2.26. The first kappa shape index (κ1) is 12.9. The van der Waals surface area contributed by atoms with Crippen molar-refractivity contribution in [2.75, 3.05) is 5.32 Å². The molecule has 1 heterocycles. The van der Waals surface area contributed by atoms with Crippen molar-refractivity contribution in [2.45, 2.75) is 52.0 Å². The lowest BCUT2D eigenvalue weighted by Crippen LogP contribution is -2.43. The second-order valence-electron chi connectivity index (χ2n) is 4.98. The maximum absolute atomic E-state index is 11.8. The minimum Gasteiger partial charge on any atom is -0.360 e. The van der Waals surface area contributed by atoms with E-state index in [1.807, 2.05) is 0 Å². The van der Waals surface area contributed by atoms with E-state index in [1.165, 1.54) is 19.3 Å². The van der Waals surface area contributed by atoms with E-state index in [4.69, 9.17) is 4.52 Å². The van der Waals surface area contributed by atoms with Gasteiger partial charge in [0.2, 0.25) is 0 Å². The summed E-state index contributed by atoms with van der Waals surface area (Å²) in [6, 6.07) is 1.81. The number of nitrogens with one attached hydrogen (secondary N) is 2. The second-order valence-corrected chi connectivity index (χ2v) is 4.98. The normalized spacial score (nSPS) is 23.7. The van der Waals surface area contributed by atoms with E-state index in [2.05, 4.69) is 22.7 Å².